The molecule has 0 fully saturated rings. The van der Waals surface area contributed by atoms with Gasteiger partial charge in [-0.15, -0.1) is 0 Å². The molecule has 0 saturated carbocycles. The van der Waals surface area contributed by atoms with Gasteiger partial charge < -0.3 is 15.6 Å². The van der Waals surface area contributed by atoms with E-state index in [1.54, 1.807) is 6.07 Å². The zero-order valence-electron chi connectivity index (χ0n) is 13.2. The molecule has 10 heteroatoms. The van der Waals surface area contributed by atoms with Crippen LogP contribution in [0.25, 0.3) is 11.0 Å². The molecule has 0 aliphatic heterocycles. The number of pyridine rings is 1. The minimum Gasteiger partial charge on any atom is -0.367 e. The van der Waals surface area contributed by atoms with Gasteiger partial charge in [-0.1, -0.05) is 23.2 Å². The lowest BCUT2D eigenvalue weighted by molar-refractivity contribution is 0.0955. The number of nitrogens with zero attached hydrogens (tertiary/aromatic N) is 2. The van der Waals surface area contributed by atoms with Gasteiger partial charge in [0.2, 0.25) is 0 Å². The molecular weight excluding hydrogens is 387 g/mol. The van der Waals surface area contributed by atoms with Gasteiger partial charge >= 0.3 is 0 Å². The molecule has 2 aromatic heterocycles. The first-order chi connectivity index (χ1) is 12.4. The average Bonchev–Trinajstić information content (AvgIpc) is 3.03. The van der Waals surface area contributed by atoms with E-state index in [-0.39, 0.29) is 5.91 Å². The average molecular weight is 400 g/mol. The Labute approximate surface area is 156 Å². The Bertz CT molecular complexity index is 948. The summed E-state index contributed by atoms with van der Waals surface area (Å²) in [7, 11) is 0. The van der Waals surface area contributed by atoms with Crippen molar-refractivity contribution >= 4 is 46.0 Å². The second kappa shape index (κ2) is 7.84. The lowest BCUT2D eigenvalue weighted by Crippen LogP contribution is -2.28. The number of aromatic nitrogens is 3. The molecule has 1 aromatic carbocycles. The number of carbonyl (C=O) groups is 1. The largest absolute Gasteiger partial charge is 0.367 e. The number of fused-ring (bicyclic) bond motifs is 1. The number of imidazole rings is 1. The van der Waals surface area contributed by atoms with Crippen molar-refractivity contribution in [3.63, 3.8) is 0 Å². The van der Waals surface area contributed by atoms with Crippen LogP contribution in [0.15, 0.2) is 30.5 Å². The molecule has 2 heterocycles. The number of hydrogen-bond acceptors (Lipinski definition) is 4. The summed E-state index contributed by atoms with van der Waals surface area (Å²) in [5, 5.41) is 6.50. The Kier molecular flexibility index (Phi) is 5.53. The fraction of sp³-hybridized carbons (Fsp3) is 0.188. The number of nitrogens with one attached hydrogen (secondary N) is 3. The number of H-pyrrole nitrogens is 1. The monoisotopic (exact) mass is 399 g/mol. The molecule has 1 amide bonds. The predicted molar refractivity (Wildman–Crippen MR) is 96.1 cm³/mol. The van der Waals surface area contributed by atoms with Crippen LogP contribution in [0.2, 0.25) is 10.0 Å². The lowest BCUT2D eigenvalue weighted by Gasteiger charge is -2.09. The third-order valence-corrected chi connectivity index (χ3v) is 3.97. The van der Waals surface area contributed by atoms with Gasteiger partial charge in [-0.3, -0.25) is 4.79 Å². The van der Waals surface area contributed by atoms with Gasteiger partial charge in [0.1, 0.15) is 5.82 Å². The maximum Gasteiger partial charge on any atom is 0.295 e. The highest BCUT2D eigenvalue weighted by molar-refractivity contribution is 6.35. The topological polar surface area (TPSA) is 82.7 Å². The van der Waals surface area contributed by atoms with E-state index >= 15 is 0 Å². The van der Waals surface area contributed by atoms with Gasteiger partial charge in [-0.25, -0.2) is 18.7 Å². The molecule has 0 unspecified atom stereocenters. The smallest absolute Gasteiger partial charge is 0.295 e. The first-order valence-corrected chi connectivity index (χ1v) is 8.30. The van der Waals surface area contributed by atoms with Crippen molar-refractivity contribution in [2.45, 2.75) is 6.43 Å². The number of rotatable bonds is 6. The minimum absolute atomic E-state index is 0.308. The molecule has 3 N–H and O–H groups in total. The van der Waals surface area contributed by atoms with E-state index < -0.39 is 12.2 Å². The van der Waals surface area contributed by atoms with E-state index in [1.165, 1.54) is 24.4 Å². The van der Waals surface area contributed by atoms with Crippen LogP contribution >= 0.6 is 23.2 Å². The molecular formula is C16H13Cl2F2N5O. The number of benzene rings is 1. The highest BCUT2D eigenvalue weighted by Crippen LogP contribution is 2.22. The highest BCUT2D eigenvalue weighted by Gasteiger charge is 2.14. The van der Waals surface area contributed by atoms with Gasteiger partial charge in [-0.05, 0) is 24.3 Å². The quantitative estimate of drug-likeness (QED) is 0.546. The van der Waals surface area contributed by atoms with E-state index in [9.17, 15) is 13.6 Å². The van der Waals surface area contributed by atoms with E-state index in [1.807, 2.05) is 0 Å². The number of anilines is 1. The molecule has 0 radical (unpaired) electrons. The first-order valence-electron chi connectivity index (χ1n) is 7.55. The standard InChI is InChI=1S/C16H13Cl2F2N5O/c17-9-6-10(18)14(23-7-9)21-3-4-22-16(26)8-1-2-11-12(5-8)25-15(24-11)13(19)20/h1-2,5-7,13H,3-4H2,(H,21,23)(H,22,26)(H,24,25). The molecule has 0 spiro atoms. The van der Waals surface area contributed by atoms with E-state index in [2.05, 4.69) is 25.6 Å². The number of hydrogen-bond donors (Lipinski definition) is 3. The normalized spacial score (nSPS) is 11.1. The van der Waals surface area contributed by atoms with Gasteiger partial charge in [0.15, 0.2) is 5.82 Å². The summed E-state index contributed by atoms with van der Waals surface area (Å²) < 4.78 is 25.3. The Balaban J connectivity index is 1.57. The van der Waals surface area contributed by atoms with Crippen molar-refractivity contribution in [1.29, 1.82) is 0 Å². The number of halogens is 4. The van der Waals surface area contributed by atoms with Crippen LogP contribution < -0.4 is 10.6 Å². The second-order valence-corrected chi connectivity index (χ2v) is 6.16. The summed E-state index contributed by atoms with van der Waals surface area (Å²) in [5.41, 5.74) is 1.09. The summed E-state index contributed by atoms with van der Waals surface area (Å²) >= 11 is 11.8. The van der Waals surface area contributed by atoms with Gasteiger partial charge in [0.25, 0.3) is 12.3 Å². The molecule has 6 nitrogen and oxygen atoms in total. The number of aromatic amines is 1. The maximum atomic E-state index is 12.7. The maximum absolute atomic E-state index is 12.7. The fourth-order valence-corrected chi connectivity index (χ4v) is 2.72. The van der Waals surface area contributed by atoms with Crippen LogP contribution in [0.3, 0.4) is 0 Å². The summed E-state index contributed by atoms with van der Waals surface area (Å²) in [5.74, 6) is -0.296. The van der Waals surface area contributed by atoms with Crippen molar-refractivity contribution in [2.24, 2.45) is 0 Å². The van der Waals surface area contributed by atoms with E-state index in [4.69, 9.17) is 23.2 Å². The molecule has 3 aromatic rings. The Morgan fingerprint density at radius 3 is 2.77 bits per heavy atom. The van der Waals surface area contributed by atoms with Gasteiger partial charge in [0.05, 0.1) is 21.1 Å². The molecule has 136 valence electrons. The number of amides is 1. The van der Waals surface area contributed by atoms with Crippen molar-refractivity contribution in [3.8, 4) is 0 Å². The molecule has 0 aliphatic carbocycles. The minimum atomic E-state index is -2.70. The van der Waals surface area contributed by atoms with Crippen LogP contribution in [-0.2, 0) is 0 Å². The summed E-state index contributed by atoms with van der Waals surface area (Å²) in [6.45, 7) is 0.699. The van der Waals surface area contributed by atoms with Crippen molar-refractivity contribution in [3.05, 3.63) is 51.9 Å². The molecule has 26 heavy (non-hydrogen) atoms. The predicted octanol–water partition coefficient (Wildman–Crippen LogP) is 4.04. The third kappa shape index (κ3) is 4.20. The van der Waals surface area contributed by atoms with E-state index in [0.29, 0.717) is 45.5 Å². The van der Waals surface area contributed by atoms with Crippen LogP contribution in [0.1, 0.15) is 22.6 Å². The summed E-state index contributed by atoms with van der Waals surface area (Å²) in [6, 6.07) is 6.08. The number of carbonyl (C=O) groups excluding carboxylic acids is 1. The van der Waals surface area contributed by atoms with Crippen LogP contribution in [0, 0.1) is 0 Å². The van der Waals surface area contributed by atoms with E-state index in [0.717, 1.165) is 0 Å². The molecule has 0 atom stereocenters. The molecule has 3 rings (SSSR count). The number of alkyl halides is 2. The zero-order chi connectivity index (χ0) is 18.7. The Hall–Kier alpha value is -2.45. The fourth-order valence-electron chi connectivity index (χ4n) is 2.28. The lowest BCUT2D eigenvalue weighted by atomic mass is 10.2. The third-order valence-electron chi connectivity index (χ3n) is 3.48. The molecule has 0 bridgehead atoms. The second-order valence-electron chi connectivity index (χ2n) is 5.32. The van der Waals surface area contributed by atoms with Crippen LogP contribution in [-0.4, -0.2) is 33.9 Å². The van der Waals surface area contributed by atoms with Crippen LogP contribution in [0.5, 0.6) is 0 Å². The Morgan fingerprint density at radius 2 is 2.04 bits per heavy atom. The summed E-state index contributed by atoms with van der Waals surface area (Å²) in [6.07, 6.45) is -1.24. The first kappa shape index (κ1) is 18.3. The summed E-state index contributed by atoms with van der Waals surface area (Å²) in [4.78, 5) is 22.5. The Morgan fingerprint density at radius 1 is 1.23 bits per heavy atom. The zero-order valence-corrected chi connectivity index (χ0v) is 14.7. The molecule has 0 saturated heterocycles. The van der Waals surface area contributed by atoms with Gasteiger partial charge in [-0.2, -0.15) is 0 Å². The van der Waals surface area contributed by atoms with Crippen molar-refractivity contribution < 1.29 is 13.6 Å². The van der Waals surface area contributed by atoms with Crippen molar-refractivity contribution in [2.75, 3.05) is 18.4 Å². The van der Waals surface area contributed by atoms with Crippen LogP contribution in [0.4, 0.5) is 14.6 Å². The molecule has 0 aliphatic rings. The SMILES string of the molecule is O=C(NCCNc1ncc(Cl)cc1Cl)c1ccc2nc(C(F)F)[nH]c2c1. The highest BCUT2D eigenvalue weighted by atomic mass is 35.5. The van der Waals surface area contributed by atoms with Gasteiger partial charge in [0, 0.05) is 24.8 Å². The van der Waals surface area contributed by atoms with Crippen molar-refractivity contribution in [1.82, 2.24) is 20.3 Å².